The van der Waals surface area contributed by atoms with E-state index in [-0.39, 0.29) is 28.5 Å². The molecule has 29 heavy (non-hydrogen) atoms. The molecule has 0 fully saturated rings. The number of anilines is 2. The van der Waals surface area contributed by atoms with E-state index in [9.17, 15) is 31.2 Å². The molecule has 2 aromatic rings. The Morgan fingerprint density at radius 1 is 1.17 bits per heavy atom. The van der Waals surface area contributed by atoms with Crippen molar-refractivity contribution in [2.24, 2.45) is 0 Å². The Labute approximate surface area is 164 Å². The molecule has 2 aromatic carbocycles. The van der Waals surface area contributed by atoms with Crippen LogP contribution in [0.5, 0.6) is 0 Å². The Morgan fingerprint density at radius 2 is 1.86 bits per heavy atom. The minimum absolute atomic E-state index is 0.0611. The minimum atomic E-state index is -4.60. The summed E-state index contributed by atoms with van der Waals surface area (Å²) in [6.45, 7) is -1.54. The van der Waals surface area contributed by atoms with E-state index in [1.165, 1.54) is 47.4 Å². The molecule has 2 amide bonds. The lowest BCUT2D eigenvalue weighted by atomic mass is 10.1. The molecule has 2 N–H and O–H groups in total. The fourth-order valence-corrected chi connectivity index (χ4v) is 3.99. The maximum atomic E-state index is 12.7. The summed E-state index contributed by atoms with van der Waals surface area (Å²) >= 11 is 0. The van der Waals surface area contributed by atoms with Gasteiger partial charge in [-0.1, -0.05) is 12.1 Å². The van der Waals surface area contributed by atoms with E-state index in [1.807, 2.05) is 0 Å². The third-order valence-corrected chi connectivity index (χ3v) is 5.67. The lowest BCUT2D eigenvalue weighted by Crippen LogP contribution is -2.34. The number of carbonyl (C=O) groups is 2. The van der Waals surface area contributed by atoms with E-state index in [2.05, 4.69) is 4.72 Å². The summed E-state index contributed by atoms with van der Waals surface area (Å²) in [5.74, 6) is -1.24. The first kappa shape index (κ1) is 20.6. The zero-order valence-corrected chi connectivity index (χ0v) is 15.9. The Bertz CT molecular complexity index is 1080. The highest BCUT2D eigenvalue weighted by atomic mass is 32.2. The second-order valence-corrected chi connectivity index (χ2v) is 8.05. The minimum Gasteiger partial charge on any atom is -0.343 e. The predicted octanol–water partition coefficient (Wildman–Crippen LogP) is 2.30. The van der Waals surface area contributed by atoms with Crippen molar-refractivity contribution in [3.63, 3.8) is 0 Å². The van der Waals surface area contributed by atoms with Crippen molar-refractivity contribution >= 4 is 33.2 Å². The molecule has 0 saturated heterocycles. The summed E-state index contributed by atoms with van der Waals surface area (Å²) in [4.78, 5) is 25.1. The van der Waals surface area contributed by atoms with Gasteiger partial charge in [0.05, 0.1) is 22.6 Å². The van der Waals surface area contributed by atoms with Gasteiger partial charge in [0.15, 0.2) is 0 Å². The first-order valence-electron chi connectivity index (χ1n) is 8.34. The van der Waals surface area contributed by atoms with Crippen molar-refractivity contribution in [1.29, 1.82) is 0 Å². The van der Waals surface area contributed by atoms with Crippen LogP contribution in [0.3, 0.4) is 0 Å². The molecule has 0 bridgehead atoms. The van der Waals surface area contributed by atoms with Crippen molar-refractivity contribution < 1.29 is 31.2 Å². The molecule has 7 nitrogen and oxygen atoms in total. The quantitative estimate of drug-likeness (QED) is 0.766. The normalized spacial score (nSPS) is 13.9. The largest absolute Gasteiger partial charge is 0.405 e. The number of likely N-dealkylation sites (N-methyl/N-ethyl adjacent to an activating group) is 1. The summed E-state index contributed by atoms with van der Waals surface area (Å²) in [7, 11) is -2.57. The molecule has 154 valence electrons. The molecule has 3 rings (SSSR count). The SMILES string of the molecule is CN1C(=O)Cc2cc(S(=O)(=O)Nc3ccccc3C(=O)NCC(F)(F)F)ccc21. The summed E-state index contributed by atoms with van der Waals surface area (Å²) in [5.41, 5.74) is 0.717. The molecule has 0 aliphatic carbocycles. The van der Waals surface area contributed by atoms with Crippen LogP contribution in [0.1, 0.15) is 15.9 Å². The second-order valence-electron chi connectivity index (χ2n) is 6.37. The van der Waals surface area contributed by atoms with Crippen molar-refractivity contribution in [2.45, 2.75) is 17.5 Å². The molecular formula is C18H16F3N3O4S. The number of benzene rings is 2. The molecule has 11 heteroatoms. The van der Waals surface area contributed by atoms with E-state index in [4.69, 9.17) is 0 Å². The number of nitrogens with one attached hydrogen (secondary N) is 2. The van der Waals surface area contributed by atoms with E-state index in [0.717, 1.165) is 0 Å². The number of nitrogens with zero attached hydrogens (tertiary/aromatic N) is 1. The van der Waals surface area contributed by atoms with Crippen LogP contribution in [0.25, 0.3) is 0 Å². The van der Waals surface area contributed by atoms with Gasteiger partial charge in [0.1, 0.15) is 6.54 Å². The first-order chi connectivity index (χ1) is 13.5. The molecule has 0 unspecified atom stereocenters. The zero-order valence-electron chi connectivity index (χ0n) is 15.1. The number of fused-ring (bicyclic) bond motifs is 1. The Hall–Kier alpha value is -3.08. The van der Waals surface area contributed by atoms with Crippen LogP contribution in [-0.4, -0.2) is 40.0 Å². The second kappa shape index (κ2) is 7.39. The molecule has 1 aliphatic heterocycles. The standard InChI is InChI=1S/C18H16F3N3O4S/c1-24-15-7-6-12(8-11(15)9-16(24)25)29(27,28)23-14-5-3-2-4-13(14)17(26)22-10-18(19,20)21/h2-8,23H,9-10H2,1H3,(H,22,26). The average molecular weight is 427 g/mol. The average Bonchev–Trinajstić information content (AvgIpc) is 2.93. The predicted molar refractivity (Wildman–Crippen MR) is 99.2 cm³/mol. The highest BCUT2D eigenvalue weighted by Crippen LogP contribution is 2.30. The van der Waals surface area contributed by atoms with Crippen molar-refractivity contribution in [2.75, 3.05) is 23.2 Å². The number of carbonyl (C=O) groups excluding carboxylic acids is 2. The van der Waals surface area contributed by atoms with Gasteiger partial charge in [-0.3, -0.25) is 14.3 Å². The number of para-hydroxylation sites is 1. The zero-order chi connectivity index (χ0) is 21.4. The number of hydrogen-bond acceptors (Lipinski definition) is 4. The molecule has 1 heterocycles. The number of amides is 2. The van der Waals surface area contributed by atoms with Gasteiger partial charge in [0.25, 0.3) is 15.9 Å². The molecule has 0 radical (unpaired) electrons. The third kappa shape index (κ3) is 4.50. The van der Waals surface area contributed by atoms with Crippen LogP contribution in [-0.2, 0) is 21.2 Å². The van der Waals surface area contributed by atoms with Gasteiger partial charge < -0.3 is 10.2 Å². The number of rotatable bonds is 5. The number of sulfonamides is 1. The van der Waals surface area contributed by atoms with Crippen molar-refractivity contribution in [3.8, 4) is 0 Å². The van der Waals surface area contributed by atoms with Gasteiger partial charge in [-0.2, -0.15) is 13.2 Å². The highest BCUT2D eigenvalue weighted by Gasteiger charge is 2.29. The molecule has 0 aromatic heterocycles. The van der Waals surface area contributed by atoms with Crippen LogP contribution in [0, 0.1) is 0 Å². The third-order valence-electron chi connectivity index (χ3n) is 4.30. The maximum absolute atomic E-state index is 12.7. The summed E-state index contributed by atoms with van der Waals surface area (Å²) in [6.07, 6.45) is -4.54. The summed E-state index contributed by atoms with van der Waals surface area (Å²) < 4.78 is 64.7. The van der Waals surface area contributed by atoms with Gasteiger partial charge in [-0.15, -0.1) is 0 Å². The molecule has 0 saturated carbocycles. The molecule has 1 aliphatic rings. The lowest BCUT2D eigenvalue weighted by Gasteiger charge is -2.14. The molecule has 0 spiro atoms. The van der Waals surface area contributed by atoms with Crippen LogP contribution in [0.15, 0.2) is 47.4 Å². The first-order valence-corrected chi connectivity index (χ1v) is 9.82. The number of alkyl halides is 3. The van der Waals surface area contributed by atoms with Crippen LogP contribution in [0.2, 0.25) is 0 Å². The van der Waals surface area contributed by atoms with Crippen molar-refractivity contribution in [1.82, 2.24) is 5.32 Å². The van der Waals surface area contributed by atoms with Crippen LogP contribution < -0.4 is 14.9 Å². The van der Waals surface area contributed by atoms with E-state index in [0.29, 0.717) is 11.3 Å². The number of hydrogen-bond donors (Lipinski definition) is 2. The molecular weight excluding hydrogens is 411 g/mol. The Kier molecular flexibility index (Phi) is 5.26. The van der Waals surface area contributed by atoms with E-state index >= 15 is 0 Å². The van der Waals surface area contributed by atoms with Gasteiger partial charge in [-0.25, -0.2) is 8.42 Å². The van der Waals surface area contributed by atoms with Gasteiger partial charge >= 0.3 is 6.18 Å². The van der Waals surface area contributed by atoms with Gasteiger partial charge in [-0.05, 0) is 35.9 Å². The van der Waals surface area contributed by atoms with Gasteiger partial charge in [0, 0.05) is 12.7 Å². The fraction of sp³-hybridized carbons (Fsp3) is 0.222. The van der Waals surface area contributed by atoms with E-state index in [1.54, 1.807) is 12.4 Å². The maximum Gasteiger partial charge on any atom is 0.405 e. The van der Waals surface area contributed by atoms with Crippen LogP contribution in [0.4, 0.5) is 24.5 Å². The highest BCUT2D eigenvalue weighted by molar-refractivity contribution is 7.92. The van der Waals surface area contributed by atoms with Crippen molar-refractivity contribution in [3.05, 3.63) is 53.6 Å². The summed E-state index contributed by atoms with van der Waals surface area (Å²) in [6, 6.07) is 9.47. The smallest absolute Gasteiger partial charge is 0.343 e. The van der Waals surface area contributed by atoms with Crippen LogP contribution >= 0.6 is 0 Å². The number of halogens is 3. The Balaban J connectivity index is 1.86. The Morgan fingerprint density at radius 3 is 2.55 bits per heavy atom. The summed E-state index contributed by atoms with van der Waals surface area (Å²) in [5, 5.41) is 1.71. The fourth-order valence-electron chi connectivity index (χ4n) is 2.86. The monoisotopic (exact) mass is 427 g/mol. The van der Waals surface area contributed by atoms with E-state index < -0.39 is 28.7 Å². The molecule has 0 atom stereocenters. The topological polar surface area (TPSA) is 95.6 Å². The van der Waals surface area contributed by atoms with Gasteiger partial charge in [0.2, 0.25) is 5.91 Å². The lowest BCUT2D eigenvalue weighted by molar-refractivity contribution is -0.123.